The zero-order valence-electron chi connectivity index (χ0n) is 14.9. The molecule has 0 aliphatic rings. The van der Waals surface area contributed by atoms with Gasteiger partial charge in [-0.1, -0.05) is 12.1 Å². The van der Waals surface area contributed by atoms with Gasteiger partial charge in [-0.25, -0.2) is 9.38 Å². The lowest BCUT2D eigenvalue weighted by Crippen LogP contribution is -2.39. The normalized spacial score (nSPS) is 10.8. The van der Waals surface area contributed by atoms with E-state index in [1.165, 1.54) is 12.1 Å². The van der Waals surface area contributed by atoms with E-state index in [1.807, 2.05) is 24.9 Å². The highest BCUT2D eigenvalue weighted by Gasteiger charge is 2.09. The lowest BCUT2D eigenvalue weighted by molar-refractivity contribution is -0.119. The van der Waals surface area contributed by atoms with E-state index in [9.17, 15) is 9.18 Å². The van der Waals surface area contributed by atoms with Gasteiger partial charge in [0.05, 0.1) is 12.8 Å². The number of hydrogen-bond donors (Lipinski definition) is 2. The van der Waals surface area contributed by atoms with E-state index in [0.29, 0.717) is 31.4 Å². The summed E-state index contributed by atoms with van der Waals surface area (Å²) in [6.07, 6.45) is 1.56. The van der Waals surface area contributed by atoms with Gasteiger partial charge in [-0.2, -0.15) is 0 Å². The van der Waals surface area contributed by atoms with Crippen LogP contribution in [0.15, 0.2) is 52.1 Å². The zero-order chi connectivity index (χ0) is 18.1. The lowest BCUT2D eigenvalue weighted by atomic mass is 10.2. The molecule has 2 aromatic rings. The van der Waals surface area contributed by atoms with Crippen molar-refractivity contribution in [3.8, 4) is 0 Å². The largest absolute Gasteiger partial charge is 0.467 e. The van der Waals surface area contributed by atoms with E-state index in [-0.39, 0.29) is 42.2 Å². The van der Waals surface area contributed by atoms with Crippen LogP contribution in [0.25, 0.3) is 0 Å². The van der Waals surface area contributed by atoms with Gasteiger partial charge in [0.1, 0.15) is 18.1 Å². The number of furan rings is 1. The van der Waals surface area contributed by atoms with E-state index in [2.05, 4.69) is 15.6 Å². The van der Waals surface area contributed by atoms with Crippen molar-refractivity contribution in [3.05, 3.63) is 59.8 Å². The maximum absolute atomic E-state index is 13.3. The molecule has 1 aromatic carbocycles. The van der Waals surface area contributed by atoms with Crippen molar-refractivity contribution in [2.75, 3.05) is 20.1 Å². The van der Waals surface area contributed by atoms with Crippen molar-refractivity contribution in [1.29, 1.82) is 0 Å². The first kappa shape index (κ1) is 21.9. The summed E-state index contributed by atoms with van der Waals surface area (Å²) in [6, 6.07) is 9.97. The molecule has 0 aliphatic carbocycles. The molecule has 8 heteroatoms. The van der Waals surface area contributed by atoms with Crippen LogP contribution >= 0.6 is 24.0 Å². The van der Waals surface area contributed by atoms with E-state index in [4.69, 9.17) is 4.42 Å². The molecule has 26 heavy (non-hydrogen) atoms. The molecule has 0 unspecified atom stereocenters. The Labute approximate surface area is 169 Å². The molecule has 1 aromatic heterocycles. The van der Waals surface area contributed by atoms with Crippen molar-refractivity contribution in [1.82, 2.24) is 15.5 Å². The van der Waals surface area contributed by atoms with Crippen molar-refractivity contribution >= 4 is 35.8 Å². The van der Waals surface area contributed by atoms with Crippen LogP contribution in [0.4, 0.5) is 4.39 Å². The van der Waals surface area contributed by atoms with Gasteiger partial charge in [0.25, 0.3) is 0 Å². The number of aliphatic imine (C=N–C) groups is 1. The Hall–Kier alpha value is -2.10. The summed E-state index contributed by atoms with van der Waals surface area (Å²) >= 11 is 0. The predicted molar refractivity (Wildman–Crippen MR) is 110 cm³/mol. The summed E-state index contributed by atoms with van der Waals surface area (Å²) in [6.45, 7) is 3.42. The molecule has 0 spiro atoms. The van der Waals surface area contributed by atoms with Crippen LogP contribution < -0.4 is 10.6 Å². The minimum Gasteiger partial charge on any atom is -0.467 e. The number of carbonyl (C=O) groups is 1. The second-order valence-electron chi connectivity index (χ2n) is 5.51. The summed E-state index contributed by atoms with van der Waals surface area (Å²) in [4.78, 5) is 18.1. The fourth-order valence-electron chi connectivity index (χ4n) is 2.26. The molecule has 1 amide bonds. The highest BCUT2D eigenvalue weighted by molar-refractivity contribution is 14.0. The molecule has 0 saturated heterocycles. The summed E-state index contributed by atoms with van der Waals surface area (Å²) in [5.74, 6) is 0.795. The van der Waals surface area contributed by atoms with Crippen LogP contribution in [-0.4, -0.2) is 36.9 Å². The third-order valence-electron chi connectivity index (χ3n) is 3.42. The Morgan fingerprint density at radius 3 is 2.73 bits per heavy atom. The number of guanidine groups is 1. The minimum absolute atomic E-state index is 0. The summed E-state index contributed by atoms with van der Waals surface area (Å²) in [7, 11) is 1.84. The summed E-state index contributed by atoms with van der Waals surface area (Å²) in [5, 5.41) is 5.87. The number of hydrogen-bond acceptors (Lipinski definition) is 3. The Kier molecular flexibility index (Phi) is 9.71. The fourth-order valence-corrected chi connectivity index (χ4v) is 2.26. The molecule has 0 radical (unpaired) electrons. The number of rotatable bonds is 7. The van der Waals surface area contributed by atoms with Crippen molar-refractivity contribution in [2.45, 2.75) is 20.0 Å². The van der Waals surface area contributed by atoms with Gasteiger partial charge in [0, 0.05) is 20.1 Å². The van der Waals surface area contributed by atoms with Gasteiger partial charge < -0.3 is 20.0 Å². The number of carbonyl (C=O) groups excluding carboxylic acids is 1. The lowest BCUT2D eigenvalue weighted by Gasteiger charge is -2.22. The van der Waals surface area contributed by atoms with Crippen LogP contribution in [0.2, 0.25) is 0 Å². The second-order valence-corrected chi connectivity index (χ2v) is 5.51. The second kappa shape index (κ2) is 11.5. The van der Waals surface area contributed by atoms with Crippen LogP contribution in [-0.2, 0) is 17.9 Å². The van der Waals surface area contributed by atoms with Crippen molar-refractivity contribution in [3.63, 3.8) is 0 Å². The number of halogens is 2. The quantitative estimate of drug-likeness (QED) is 0.368. The molecule has 1 heterocycles. The Morgan fingerprint density at radius 1 is 1.27 bits per heavy atom. The Morgan fingerprint density at radius 2 is 2.08 bits per heavy atom. The highest BCUT2D eigenvalue weighted by atomic mass is 127. The molecule has 142 valence electrons. The standard InChI is InChI=1S/C18H23FN4O2.HI/c1-3-20-18(23(2)13-14-6-4-7-15(19)10-14)22-12-17(24)21-11-16-8-5-9-25-16;/h4-10H,3,11-13H2,1-2H3,(H,20,22)(H,21,24);1H. The molecule has 0 saturated carbocycles. The summed E-state index contributed by atoms with van der Waals surface area (Å²) < 4.78 is 18.5. The first-order valence-electron chi connectivity index (χ1n) is 8.11. The molecule has 0 atom stereocenters. The SMILES string of the molecule is CCNC(=NCC(=O)NCc1ccco1)N(C)Cc1cccc(F)c1.I. The van der Waals surface area contributed by atoms with Crippen LogP contribution in [0.5, 0.6) is 0 Å². The molecule has 2 rings (SSSR count). The zero-order valence-corrected chi connectivity index (χ0v) is 17.2. The molecule has 0 fully saturated rings. The van der Waals surface area contributed by atoms with E-state index in [0.717, 1.165) is 5.56 Å². The van der Waals surface area contributed by atoms with Crippen LogP contribution in [0.3, 0.4) is 0 Å². The number of nitrogens with zero attached hydrogens (tertiary/aromatic N) is 2. The number of benzene rings is 1. The molecule has 0 bridgehead atoms. The maximum atomic E-state index is 13.3. The highest BCUT2D eigenvalue weighted by Crippen LogP contribution is 2.06. The summed E-state index contributed by atoms with van der Waals surface area (Å²) in [5.41, 5.74) is 0.829. The Bertz CT molecular complexity index is 707. The van der Waals surface area contributed by atoms with Gasteiger partial charge in [-0.3, -0.25) is 4.79 Å². The van der Waals surface area contributed by atoms with Gasteiger partial charge >= 0.3 is 0 Å². The van der Waals surface area contributed by atoms with Crippen molar-refractivity contribution < 1.29 is 13.6 Å². The smallest absolute Gasteiger partial charge is 0.242 e. The van der Waals surface area contributed by atoms with Gasteiger partial charge in [0.15, 0.2) is 5.96 Å². The number of nitrogens with one attached hydrogen (secondary N) is 2. The average molecular weight is 474 g/mol. The van der Waals surface area contributed by atoms with Gasteiger partial charge in [-0.15, -0.1) is 24.0 Å². The first-order valence-corrected chi connectivity index (χ1v) is 8.11. The molecule has 0 aliphatic heterocycles. The average Bonchev–Trinajstić information content (AvgIpc) is 3.10. The van der Waals surface area contributed by atoms with Gasteiger partial charge in [0.2, 0.25) is 5.91 Å². The topological polar surface area (TPSA) is 69.9 Å². The third kappa shape index (κ3) is 7.42. The van der Waals surface area contributed by atoms with Crippen molar-refractivity contribution in [2.24, 2.45) is 4.99 Å². The Balaban J connectivity index is 0.00000338. The maximum Gasteiger partial charge on any atom is 0.242 e. The number of amides is 1. The molecular formula is C18H24FIN4O2. The monoisotopic (exact) mass is 474 g/mol. The molecular weight excluding hydrogens is 450 g/mol. The minimum atomic E-state index is -0.273. The van der Waals surface area contributed by atoms with E-state index in [1.54, 1.807) is 24.5 Å². The fraction of sp³-hybridized carbons (Fsp3) is 0.333. The third-order valence-corrected chi connectivity index (χ3v) is 3.42. The predicted octanol–water partition coefficient (Wildman–Crippen LogP) is 2.75. The van der Waals surface area contributed by atoms with Crippen LogP contribution in [0.1, 0.15) is 18.2 Å². The molecule has 2 N–H and O–H groups in total. The first-order chi connectivity index (χ1) is 12.1. The van der Waals surface area contributed by atoms with Gasteiger partial charge in [-0.05, 0) is 36.8 Å². The molecule has 6 nitrogen and oxygen atoms in total. The van der Waals surface area contributed by atoms with E-state index >= 15 is 0 Å². The van der Waals surface area contributed by atoms with E-state index < -0.39 is 0 Å². The van der Waals surface area contributed by atoms with Crippen LogP contribution in [0, 0.1) is 5.82 Å².